The number of nitrogens with one attached hydrogen (secondary N) is 1. The average molecular weight is 245 g/mol. The number of rotatable bonds is 4. The molecule has 2 fully saturated rings. The molecule has 2 aliphatic rings. The molecule has 0 radical (unpaired) electrons. The van der Waals surface area contributed by atoms with Crippen LogP contribution in [-0.4, -0.2) is 19.0 Å². The monoisotopic (exact) mass is 245 g/mol. The predicted molar refractivity (Wildman–Crippen MR) is 66.3 cm³/mol. The first kappa shape index (κ1) is 13.3. The molecule has 17 heavy (non-hydrogen) atoms. The van der Waals surface area contributed by atoms with Gasteiger partial charge in [-0.25, -0.2) is 8.78 Å². The van der Waals surface area contributed by atoms with E-state index in [0.29, 0.717) is 12.5 Å². The third kappa shape index (κ3) is 3.64. The third-order valence-corrected chi connectivity index (χ3v) is 4.67. The second-order valence-corrected chi connectivity index (χ2v) is 5.99. The van der Waals surface area contributed by atoms with E-state index < -0.39 is 5.92 Å². The molecule has 1 N–H and O–H groups in total. The summed E-state index contributed by atoms with van der Waals surface area (Å²) in [7, 11) is 1.99. The van der Waals surface area contributed by atoms with Crippen LogP contribution in [0.4, 0.5) is 8.78 Å². The van der Waals surface area contributed by atoms with Crippen LogP contribution in [0.1, 0.15) is 57.8 Å². The first-order valence-corrected chi connectivity index (χ1v) is 7.16. The molecule has 0 aromatic heterocycles. The Balaban J connectivity index is 1.85. The summed E-state index contributed by atoms with van der Waals surface area (Å²) in [4.78, 5) is 0. The standard InChI is InChI=1S/C14H25F2N/c1-17-13(12-6-2-3-7-12)9-11-5-4-8-14(15,16)10-11/h11-13,17H,2-10H2,1H3. The Kier molecular flexibility index (Phi) is 4.40. The topological polar surface area (TPSA) is 12.0 Å². The van der Waals surface area contributed by atoms with E-state index in [2.05, 4.69) is 5.32 Å². The van der Waals surface area contributed by atoms with E-state index in [1.807, 2.05) is 7.05 Å². The SMILES string of the molecule is CNC(CC1CCCC(F)(F)C1)C1CCCC1. The molecule has 0 aliphatic heterocycles. The maximum absolute atomic E-state index is 13.4. The predicted octanol–water partition coefficient (Wildman–Crippen LogP) is 3.98. The number of halogens is 2. The highest BCUT2D eigenvalue weighted by Crippen LogP contribution is 2.40. The molecule has 0 aromatic rings. The van der Waals surface area contributed by atoms with Crippen molar-refractivity contribution in [2.75, 3.05) is 7.05 Å². The van der Waals surface area contributed by atoms with Crippen molar-refractivity contribution in [1.29, 1.82) is 0 Å². The molecular weight excluding hydrogens is 220 g/mol. The van der Waals surface area contributed by atoms with Crippen LogP contribution in [0.15, 0.2) is 0 Å². The van der Waals surface area contributed by atoms with E-state index in [1.165, 1.54) is 25.7 Å². The molecule has 1 nitrogen and oxygen atoms in total. The molecule has 0 spiro atoms. The fourth-order valence-corrected chi connectivity index (χ4v) is 3.74. The number of alkyl halides is 2. The van der Waals surface area contributed by atoms with Crippen LogP contribution in [0.2, 0.25) is 0 Å². The largest absolute Gasteiger partial charge is 0.317 e. The quantitative estimate of drug-likeness (QED) is 0.790. The maximum Gasteiger partial charge on any atom is 0.248 e. The van der Waals surface area contributed by atoms with Crippen LogP contribution in [-0.2, 0) is 0 Å². The highest BCUT2D eigenvalue weighted by molar-refractivity contribution is 4.85. The Morgan fingerprint density at radius 2 is 1.88 bits per heavy atom. The van der Waals surface area contributed by atoms with Gasteiger partial charge in [-0.3, -0.25) is 0 Å². The molecular formula is C14H25F2N. The molecule has 0 saturated heterocycles. The van der Waals surface area contributed by atoms with Crippen molar-refractivity contribution in [1.82, 2.24) is 5.32 Å². The third-order valence-electron chi connectivity index (χ3n) is 4.67. The Morgan fingerprint density at radius 1 is 1.18 bits per heavy atom. The van der Waals surface area contributed by atoms with E-state index in [-0.39, 0.29) is 18.8 Å². The molecule has 0 heterocycles. The van der Waals surface area contributed by atoms with Crippen LogP contribution >= 0.6 is 0 Å². The van der Waals surface area contributed by atoms with Crippen molar-refractivity contribution in [2.24, 2.45) is 11.8 Å². The molecule has 100 valence electrons. The number of hydrogen-bond donors (Lipinski definition) is 1. The van der Waals surface area contributed by atoms with Gasteiger partial charge in [0.1, 0.15) is 0 Å². The second-order valence-electron chi connectivity index (χ2n) is 5.99. The van der Waals surface area contributed by atoms with E-state index in [1.54, 1.807) is 0 Å². The summed E-state index contributed by atoms with van der Waals surface area (Å²) in [6.45, 7) is 0. The minimum absolute atomic E-state index is 0.108. The van der Waals surface area contributed by atoms with Gasteiger partial charge in [0.2, 0.25) is 5.92 Å². The van der Waals surface area contributed by atoms with Crippen molar-refractivity contribution in [2.45, 2.75) is 69.8 Å². The van der Waals surface area contributed by atoms with Gasteiger partial charge in [-0.1, -0.05) is 12.8 Å². The van der Waals surface area contributed by atoms with Crippen LogP contribution in [0.25, 0.3) is 0 Å². The Labute approximate surface area is 103 Å². The fourth-order valence-electron chi connectivity index (χ4n) is 3.74. The zero-order valence-corrected chi connectivity index (χ0v) is 10.9. The van der Waals surface area contributed by atoms with Crippen LogP contribution < -0.4 is 5.32 Å². The van der Waals surface area contributed by atoms with E-state index in [9.17, 15) is 8.78 Å². The van der Waals surface area contributed by atoms with Gasteiger partial charge in [0.25, 0.3) is 0 Å². The molecule has 0 aromatic carbocycles. The second kappa shape index (κ2) is 5.64. The molecule has 2 rings (SSSR count). The van der Waals surface area contributed by atoms with Crippen LogP contribution in [0.5, 0.6) is 0 Å². The smallest absolute Gasteiger partial charge is 0.248 e. The lowest BCUT2D eigenvalue weighted by molar-refractivity contribution is -0.0554. The molecule has 0 amide bonds. The van der Waals surface area contributed by atoms with Crippen molar-refractivity contribution >= 4 is 0 Å². The van der Waals surface area contributed by atoms with Crippen LogP contribution in [0, 0.1) is 11.8 Å². The summed E-state index contributed by atoms with van der Waals surface area (Å²) < 4.78 is 26.7. The highest BCUT2D eigenvalue weighted by atomic mass is 19.3. The minimum Gasteiger partial charge on any atom is -0.317 e. The maximum atomic E-state index is 13.4. The molecule has 2 saturated carbocycles. The molecule has 3 heteroatoms. The average Bonchev–Trinajstić information content (AvgIpc) is 2.78. The van der Waals surface area contributed by atoms with E-state index in [4.69, 9.17) is 0 Å². The molecule has 2 unspecified atom stereocenters. The van der Waals surface area contributed by atoms with Gasteiger partial charge in [0.05, 0.1) is 0 Å². The summed E-state index contributed by atoms with van der Waals surface area (Å²) in [5, 5.41) is 3.37. The van der Waals surface area contributed by atoms with Gasteiger partial charge in [-0.05, 0) is 51.0 Å². The first-order chi connectivity index (χ1) is 8.11. The van der Waals surface area contributed by atoms with E-state index in [0.717, 1.165) is 18.8 Å². The fraction of sp³-hybridized carbons (Fsp3) is 1.00. The van der Waals surface area contributed by atoms with E-state index >= 15 is 0 Å². The van der Waals surface area contributed by atoms with Gasteiger partial charge >= 0.3 is 0 Å². The van der Waals surface area contributed by atoms with Gasteiger partial charge in [0, 0.05) is 18.9 Å². The van der Waals surface area contributed by atoms with Crippen molar-refractivity contribution in [3.05, 3.63) is 0 Å². The van der Waals surface area contributed by atoms with Crippen molar-refractivity contribution < 1.29 is 8.78 Å². The summed E-state index contributed by atoms with van der Waals surface area (Å²) in [5.41, 5.74) is 0. The Hall–Kier alpha value is -0.180. The molecule has 2 atom stereocenters. The number of hydrogen-bond acceptors (Lipinski definition) is 1. The summed E-state index contributed by atoms with van der Waals surface area (Å²) >= 11 is 0. The molecule has 0 bridgehead atoms. The summed E-state index contributed by atoms with van der Waals surface area (Å²) in [6.07, 6.45) is 8.11. The zero-order valence-electron chi connectivity index (χ0n) is 10.9. The Bertz CT molecular complexity index is 236. The Morgan fingerprint density at radius 3 is 2.47 bits per heavy atom. The van der Waals surface area contributed by atoms with Gasteiger partial charge in [-0.15, -0.1) is 0 Å². The summed E-state index contributed by atoms with van der Waals surface area (Å²) in [6, 6.07) is 0.469. The van der Waals surface area contributed by atoms with Gasteiger partial charge in [0.15, 0.2) is 0 Å². The minimum atomic E-state index is -2.39. The summed E-state index contributed by atoms with van der Waals surface area (Å²) in [5.74, 6) is -1.43. The first-order valence-electron chi connectivity index (χ1n) is 7.16. The van der Waals surface area contributed by atoms with Crippen molar-refractivity contribution in [3.8, 4) is 0 Å². The zero-order chi connectivity index (χ0) is 12.3. The van der Waals surface area contributed by atoms with Gasteiger partial charge in [-0.2, -0.15) is 0 Å². The molecule has 2 aliphatic carbocycles. The van der Waals surface area contributed by atoms with Crippen molar-refractivity contribution in [3.63, 3.8) is 0 Å². The lowest BCUT2D eigenvalue weighted by atomic mass is 9.80. The normalized spacial score (nSPS) is 31.6. The van der Waals surface area contributed by atoms with Gasteiger partial charge < -0.3 is 5.32 Å². The highest BCUT2D eigenvalue weighted by Gasteiger charge is 2.37. The lowest BCUT2D eigenvalue weighted by Crippen LogP contribution is -2.37. The van der Waals surface area contributed by atoms with Crippen LogP contribution in [0.3, 0.4) is 0 Å². The lowest BCUT2D eigenvalue weighted by Gasteiger charge is -2.33.